The smallest absolute Gasteiger partial charge is 0.393 e. The van der Waals surface area contributed by atoms with Crippen molar-refractivity contribution in [1.82, 2.24) is 0 Å². The van der Waals surface area contributed by atoms with Gasteiger partial charge in [0.15, 0.2) is 0 Å². The summed E-state index contributed by atoms with van der Waals surface area (Å²) in [7, 11) is 0. The molecule has 0 saturated heterocycles. The summed E-state index contributed by atoms with van der Waals surface area (Å²) in [6.07, 6.45) is -4.55. The Kier molecular flexibility index (Phi) is 3.04. The van der Waals surface area contributed by atoms with Crippen molar-refractivity contribution in [3.05, 3.63) is 0 Å². The van der Waals surface area contributed by atoms with Crippen LogP contribution in [-0.2, 0) is 9.53 Å². The van der Waals surface area contributed by atoms with Crippen molar-refractivity contribution in [3.63, 3.8) is 0 Å². The van der Waals surface area contributed by atoms with Crippen molar-refractivity contribution in [2.24, 2.45) is 17.6 Å². The number of carbonyl (C=O) groups excluding carboxylic acids is 1. The zero-order chi connectivity index (χ0) is 10.9. The predicted octanol–water partition coefficient (Wildman–Crippen LogP) is 1.08. The summed E-state index contributed by atoms with van der Waals surface area (Å²) in [6, 6.07) is -1.14. The van der Waals surface area contributed by atoms with Gasteiger partial charge in [-0.05, 0) is 13.3 Å². The normalized spacial score (nSPS) is 32.2. The lowest BCUT2D eigenvalue weighted by Gasteiger charge is -2.41. The summed E-state index contributed by atoms with van der Waals surface area (Å²) < 4.78 is 41.0. The fourth-order valence-electron chi connectivity index (χ4n) is 1.53. The van der Waals surface area contributed by atoms with Gasteiger partial charge in [0.2, 0.25) is 0 Å². The molecule has 6 heteroatoms. The summed E-state index contributed by atoms with van der Waals surface area (Å²) in [5.74, 6) is -2.97. The Morgan fingerprint density at radius 3 is 2.50 bits per heavy atom. The molecular weight excluding hydrogens is 199 g/mol. The van der Waals surface area contributed by atoms with Crippen LogP contribution in [0.1, 0.15) is 13.3 Å². The number of nitrogens with two attached hydrogens (primary N) is 1. The molecule has 82 valence electrons. The Hall–Kier alpha value is -0.780. The van der Waals surface area contributed by atoms with Crippen molar-refractivity contribution in [1.29, 1.82) is 0 Å². The van der Waals surface area contributed by atoms with Crippen LogP contribution in [0.25, 0.3) is 0 Å². The third kappa shape index (κ3) is 2.00. The minimum atomic E-state index is -4.30. The van der Waals surface area contributed by atoms with Crippen LogP contribution in [-0.4, -0.2) is 24.8 Å². The highest BCUT2D eigenvalue weighted by molar-refractivity contribution is 5.74. The zero-order valence-corrected chi connectivity index (χ0v) is 7.67. The predicted molar refractivity (Wildman–Crippen MR) is 42.3 cm³/mol. The number of rotatable bonds is 2. The van der Waals surface area contributed by atoms with Gasteiger partial charge in [-0.3, -0.25) is 4.79 Å². The second-order valence-electron chi connectivity index (χ2n) is 3.32. The first-order chi connectivity index (χ1) is 6.38. The molecule has 0 aliphatic heterocycles. The summed E-state index contributed by atoms with van der Waals surface area (Å²) in [6.45, 7) is 1.77. The molecule has 0 aromatic carbocycles. The van der Waals surface area contributed by atoms with E-state index < -0.39 is 30.0 Å². The quantitative estimate of drug-likeness (QED) is 0.695. The molecule has 0 radical (unpaired) electrons. The average Bonchev–Trinajstić information content (AvgIpc) is 1.99. The van der Waals surface area contributed by atoms with Gasteiger partial charge in [0, 0.05) is 6.04 Å². The number of hydrogen-bond donors (Lipinski definition) is 1. The zero-order valence-electron chi connectivity index (χ0n) is 7.67. The van der Waals surface area contributed by atoms with Gasteiger partial charge in [-0.1, -0.05) is 0 Å². The molecule has 1 fully saturated rings. The third-order valence-electron chi connectivity index (χ3n) is 2.45. The summed E-state index contributed by atoms with van der Waals surface area (Å²) in [5, 5.41) is 0. The molecule has 3 atom stereocenters. The van der Waals surface area contributed by atoms with E-state index in [1.165, 1.54) is 0 Å². The largest absolute Gasteiger partial charge is 0.466 e. The van der Waals surface area contributed by atoms with Gasteiger partial charge in [0.05, 0.1) is 18.4 Å². The van der Waals surface area contributed by atoms with Crippen molar-refractivity contribution < 1.29 is 22.7 Å². The van der Waals surface area contributed by atoms with Crippen LogP contribution in [0.2, 0.25) is 0 Å². The lowest BCUT2D eigenvalue weighted by atomic mass is 9.70. The number of halogens is 3. The molecule has 0 aromatic heterocycles. The highest BCUT2D eigenvalue weighted by Gasteiger charge is 2.56. The van der Waals surface area contributed by atoms with Crippen LogP contribution in [0.15, 0.2) is 0 Å². The molecule has 0 aromatic rings. The molecule has 0 bridgehead atoms. The molecule has 0 unspecified atom stereocenters. The lowest BCUT2D eigenvalue weighted by Crippen LogP contribution is -2.57. The number of alkyl halides is 3. The molecule has 1 saturated carbocycles. The third-order valence-corrected chi connectivity index (χ3v) is 2.45. The maximum atomic E-state index is 12.1. The first-order valence-corrected chi connectivity index (χ1v) is 4.36. The highest BCUT2D eigenvalue weighted by Crippen LogP contribution is 2.44. The van der Waals surface area contributed by atoms with Gasteiger partial charge in [0.1, 0.15) is 0 Å². The summed E-state index contributed by atoms with van der Waals surface area (Å²) >= 11 is 0. The molecule has 3 nitrogen and oxygen atoms in total. The van der Waals surface area contributed by atoms with E-state index in [1.807, 2.05) is 0 Å². The Balaban J connectivity index is 2.48. The molecule has 0 heterocycles. The maximum Gasteiger partial charge on any atom is 0.393 e. The Morgan fingerprint density at radius 1 is 1.57 bits per heavy atom. The van der Waals surface area contributed by atoms with E-state index in [-0.39, 0.29) is 13.0 Å². The first kappa shape index (κ1) is 11.3. The molecule has 0 spiro atoms. The van der Waals surface area contributed by atoms with Crippen molar-refractivity contribution in [2.75, 3.05) is 6.61 Å². The van der Waals surface area contributed by atoms with E-state index in [4.69, 9.17) is 5.73 Å². The topological polar surface area (TPSA) is 52.3 Å². The fourth-order valence-corrected chi connectivity index (χ4v) is 1.53. The number of carbonyl (C=O) groups is 1. The van der Waals surface area contributed by atoms with E-state index in [9.17, 15) is 18.0 Å². The highest BCUT2D eigenvalue weighted by atomic mass is 19.4. The van der Waals surface area contributed by atoms with E-state index >= 15 is 0 Å². The monoisotopic (exact) mass is 211 g/mol. The first-order valence-electron chi connectivity index (χ1n) is 4.36. The van der Waals surface area contributed by atoms with Gasteiger partial charge < -0.3 is 10.5 Å². The standard InChI is InChI=1S/C8H12F3NO2/c1-2-14-7(13)4-3-5(6(4)12)8(9,10)11/h4-6H,2-3,12H2,1H3/t4-,5-,6-/m1/s1. The van der Waals surface area contributed by atoms with Gasteiger partial charge >= 0.3 is 12.1 Å². The molecule has 0 amide bonds. The number of esters is 1. The van der Waals surface area contributed by atoms with Crippen LogP contribution in [0, 0.1) is 11.8 Å². The van der Waals surface area contributed by atoms with Gasteiger partial charge in [-0.2, -0.15) is 13.2 Å². The molecule has 14 heavy (non-hydrogen) atoms. The number of hydrogen-bond acceptors (Lipinski definition) is 3. The lowest BCUT2D eigenvalue weighted by molar-refractivity contribution is -0.215. The SMILES string of the molecule is CCOC(=O)[C@@H]1C[C@@H](C(F)(F)F)[C@@H]1N. The number of ether oxygens (including phenoxy) is 1. The minimum absolute atomic E-state index is 0.165. The van der Waals surface area contributed by atoms with E-state index in [0.29, 0.717) is 0 Å². The average molecular weight is 211 g/mol. The van der Waals surface area contributed by atoms with Crippen molar-refractivity contribution in [3.8, 4) is 0 Å². The van der Waals surface area contributed by atoms with Crippen LogP contribution in [0.5, 0.6) is 0 Å². The summed E-state index contributed by atoms with van der Waals surface area (Å²) in [5.41, 5.74) is 5.26. The minimum Gasteiger partial charge on any atom is -0.466 e. The van der Waals surface area contributed by atoms with Gasteiger partial charge in [0.25, 0.3) is 0 Å². The van der Waals surface area contributed by atoms with Crippen LogP contribution in [0.4, 0.5) is 13.2 Å². The fraction of sp³-hybridized carbons (Fsp3) is 0.875. The van der Waals surface area contributed by atoms with E-state index in [2.05, 4.69) is 4.74 Å². The van der Waals surface area contributed by atoms with Crippen LogP contribution >= 0.6 is 0 Å². The van der Waals surface area contributed by atoms with Crippen LogP contribution < -0.4 is 5.73 Å². The molecule has 1 rings (SSSR count). The Morgan fingerprint density at radius 2 is 2.14 bits per heavy atom. The van der Waals surface area contributed by atoms with Crippen molar-refractivity contribution in [2.45, 2.75) is 25.6 Å². The molecular formula is C8H12F3NO2. The molecule has 1 aliphatic rings. The molecule has 2 N–H and O–H groups in total. The Bertz CT molecular complexity index is 229. The van der Waals surface area contributed by atoms with Crippen LogP contribution in [0.3, 0.4) is 0 Å². The van der Waals surface area contributed by atoms with Gasteiger partial charge in [-0.15, -0.1) is 0 Å². The van der Waals surface area contributed by atoms with E-state index in [0.717, 1.165) is 0 Å². The molecule has 1 aliphatic carbocycles. The van der Waals surface area contributed by atoms with Crippen molar-refractivity contribution >= 4 is 5.97 Å². The second-order valence-corrected chi connectivity index (χ2v) is 3.32. The maximum absolute atomic E-state index is 12.1. The second kappa shape index (κ2) is 3.76. The summed E-state index contributed by atoms with van der Waals surface area (Å²) in [4.78, 5) is 11.0. The Labute approximate surface area is 79.4 Å². The van der Waals surface area contributed by atoms with E-state index in [1.54, 1.807) is 6.92 Å². The van der Waals surface area contributed by atoms with Gasteiger partial charge in [-0.25, -0.2) is 0 Å².